The van der Waals surface area contributed by atoms with Gasteiger partial charge in [-0.25, -0.2) is 4.98 Å². The minimum atomic E-state index is -0.276. The Labute approximate surface area is 144 Å². The van der Waals surface area contributed by atoms with Crippen LogP contribution in [0, 0.1) is 0 Å². The van der Waals surface area contributed by atoms with Crippen LogP contribution in [0.25, 0.3) is 18.2 Å². The SMILES string of the molecule is CN(C)C1=CC=c2oc3c(c2C1)C=C(NC(=O)c1ncc[nH]1)C=CC=3. The molecule has 6 heteroatoms. The molecule has 126 valence electrons. The maximum atomic E-state index is 12.2. The molecule has 0 fully saturated rings. The van der Waals surface area contributed by atoms with Gasteiger partial charge in [-0.05, 0) is 30.4 Å². The lowest BCUT2D eigenvalue weighted by atomic mass is 10.0. The summed E-state index contributed by atoms with van der Waals surface area (Å²) < 4.78 is 5.96. The predicted octanol–water partition coefficient (Wildman–Crippen LogP) is 0.906. The first kappa shape index (κ1) is 15.3. The minimum absolute atomic E-state index is 0.276. The number of hydrogen-bond acceptors (Lipinski definition) is 4. The molecule has 2 heterocycles. The highest BCUT2D eigenvalue weighted by atomic mass is 16.3. The van der Waals surface area contributed by atoms with E-state index in [1.807, 2.05) is 44.5 Å². The normalized spacial score (nSPS) is 15.0. The van der Waals surface area contributed by atoms with Crippen molar-refractivity contribution < 1.29 is 9.21 Å². The summed E-state index contributed by atoms with van der Waals surface area (Å²) in [6.45, 7) is 0. The number of rotatable bonds is 3. The zero-order valence-corrected chi connectivity index (χ0v) is 14.0. The molecule has 25 heavy (non-hydrogen) atoms. The molecule has 0 radical (unpaired) electrons. The number of fused-ring (bicyclic) bond motifs is 3. The van der Waals surface area contributed by atoms with E-state index in [1.54, 1.807) is 12.4 Å². The van der Waals surface area contributed by atoms with Crippen molar-refractivity contribution in [3.63, 3.8) is 0 Å². The third-order valence-electron chi connectivity index (χ3n) is 4.26. The number of furan rings is 1. The summed E-state index contributed by atoms with van der Waals surface area (Å²) in [6, 6.07) is 0. The summed E-state index contributed by atoms with van der Waals surface area (Å²) in [5.74, 6) is 0.00489. The minimum Gasteiger partial charge on any atom is -0.456 e. The maximum Gasteiger partial charge on any atom is 0.291 e. The van der Waals surface area contributed by atoms with Crippen molar-refractivity contribution in [2.45, 2.75) is 6.42 Å². The molecule has 2 aromatic rings. The van der Waals surface area contributed by atoms with E-state index in [2.05, 4.69) is 26.3 Å². The van der Waals surface area contributed by atoms with Gasteiger partial charge in [-0.1, -0.05) is 6.08 Å². The molecule has 2 aromatic heterocycles. The number of allylic oxidation sites excluding steroid dienone is 4. The first-order valence-electron chi connectivity index (χ1n) is 8.02. The average Bonchev–Trinajstić information content (AvgIpc) is 3.19. The van der Waals surface area contributed by atoms with E-state index >= 15 is 0 Å². The number of carbonyl (C=O) groups is 1. The monoisotopic (exact) mass is 334 g/mol. The van der Waals surface area contributed by atoms with Crippen molar-refractivity contribution in [1.29, 1.82) is 0 Å². The van der Waals surface area contributed by atoms with Gasteiger partial charge in [0.25, 0.3) is 5.91 Å². The zero-order valence-electron chi connectivity index (χ0n) is 14.0. The number of nitrogens with zero attached hydrogens (tertiary/aromatic N) is 2. The van der Waals surface area contributed by atoms with Crippen LogP contribution < -0.4 is 16.1 Å². The quantitative estimate of drug-likeness (QED) is 0.875. The number of nitrogens with one attached hydrogen (secondary N) is 2. The van der Waals surface area contributed by atoms with E-state index < -0.39 is 0 Å². The van der Waals surface area contributed by atoms with Crippen molar-refractivity contribution in [3.8, 4) is 0 Å². The molecule has 4 rings (SSSR count). The summed E-state index contributed by atoms with van der Waals surface area (Å²) in [6.07, 6.45) is 15.6. The number of imidazole rings is 1. The summed E-state index contributed by atoms with van der Waals surface area (Å²) in [5, 5.41) is 2.88. The van der Waals surface area contributed by atoms with Gasteiger partial charge in [-0.2, -0.15) is 0 Å². The maximum absolute atomic E-state index is 12.2. The number of likely N-dealkylation sites (N-methyl/N-ethyl adjacent to an activating group) is 1. The Hall–Kier alpha value is -3.28. The van der Waals surface area contributed by atoms with Gasteiger partial charge < -0.3 is 19.6 Å². The van der Waals surface area contributed by atoms with Gasteiger partial charge in [0, 0.05) is 55.4 Å². The molecule has 0 bridgehead atoms. The second-order valence-electron chi connectivity index (χ2n) is 6.14. The third-order valence-corrected chi connectivity index (χ3v) is 4.26. The van der Waals surface area contributed by atoms with Gasteiger partial charge in [0.05, 0.1) is 0 Å². The van der Waals surface area contributed by atoms with Gasteiger partial charge in [0.2, 0.25) is 0 Å². The van der Waals surface area contributed by atoms with Crippen LogP contribution >= 0.6 is 0 Å². The lowest BCUT2D eigenvalue weighted by Gasteiger charge is -2.18. The molecule has 2 N–H and O–H groups in total. The topological polar surface area (TPSA) is 74.2 Å². The van der Waals surface area contributed by atoms with Crippen LogP contribution in [0.15, 0.2) is 46.4 Å². The molecule has 0 aliphatic heterocycles. The third kappa shape index (κ3) is 2.82. The van der Waals surface area contributed by atoms with Crippen LogP contribution in [0.4, 0.5) is 0 Å². The van der Waals surface area contributed by atoms with E-state index in [0.717, 1.165) is 28.4 Å². The Morgan fingerprint density at radius 1 is 1.28 bits per heavy atom. The molecular weight excluding hydrogens is 316 g/mol. The molecule has 2 aliphatic rings. The van der Waals surface area contributed by atoms with Crippen molar-refractivity contribution in [3.05, 3.63) is 69.8 Å². The van der Waals surface area contributed by atoms with Crippen LogP contribution in [0.2, 0.25) is 0 Å². The Morgan fingerprint density at radius 3 is 2.92 bits per heavy atom. The fraction of sp³-hybridized carbons (Fsp3) is 0.158. The highest BCUT2D eigenvalue weighted by Crippen LogP contribution is 2.17. The van der Waals surface area contributed by atoms with Gasteiger partial charge >= 0.3 is 0 Å². The van der Waals surface area contributed by atoms with Crippen LogP contribution in [0.5, 0.6) is 0 Å². The van der Waals surface area contributed by atoms with Gasteiger partial charge in [-0.3, -0.25) is 4.79 Å². The molecule has 0 aromatic carbocycles. The van der Waals surface area contributed by atoms with Crippen LogP contribution in [-0.4, -0.2) is 34.9 Å². The van der Waals surface area contributed by atoms with Crippen LogP contribution in [0.3, 0.4) is 0 Å². The molecule has 0 saturated carbocycles. The molecule has 2 aliphatic carbocycles. The van der Waals surface area contributed by atoms with E-state index in [9.17, 15) is 4.79 Å². The van der Waals surface area contributed by atoms with Crippen LogP contribution in [-0.2, 0) is 6.42 Å². The van der Waals surface area contributed by atoms with E-state index in [1.165, 1.54) is 5.70 Å². The molecule has 6 nitrogen and oxygen atoms in total. The van der Waals surface area contributed by atoms with Crippen LogP contribution in [0.1, 0.15) is 21.7 Å². The Kier molecular flexibility index (Phi) is 3.65. The molecule has 1 amide bonds. The molecule has 0 spiro atoms. The highest BCUT2D eigenvalue weighted by molar-refractivity contribution is 5.92. The van der Waals surface area contributed by atoms with Crippen molar-refractivity contribution >= 4 is 24.1 Å². The van der Waals surface area contributed by atoms with Gasteiger partial charge in [0.15, 0.2) is 5.82 Å². The van der Waals surface area contributed by atoms with Gasteiger partial charge in [0.1, 0.15) is 10.8 Å². The van der Waals surface area contributed by atoms with E-state index in [0.29, 0.717) is 5.70 Å². The fourth-order valence-electron chi connectivity index (χ4n) is 2.93. The largest absolute Gasteiger partial charge is 0.456 e. The first-order valence-corrected chi connectivity index (χ1v) is 8.02. The summed E-state index contributed by atoms with van der Waals surface area (Å²) in [4.78, 5) is 21.1. The zero-order chi connectivity index (χ0) is 17.4. The molecule has 0 saturated heterocycles. The van der Waals surface area contributed by atoms with E-state index in [4.69, 9.17) is 4.42 Å². The molecule has 0 atom stereocenters. The number of aromatic nitrogens is 2. The number of H-pyrrole nitrogens is 1. The number of hydrogen-bond donors (Lipinski definition) is 2. The smallest absolute Gasteiger partial charge is 0.291 e. The second-order valence-corrected chi connectivity index (χ2v) is 6.14. The van der Waals surface area contributed by atoms with Crippen molar-refractivity contribution in [1.82, 2.24) is 20.2 Å². The Morgan fingerprint density at radius 2 is 2.16 bits per heavy atom. The summed E-state index contributed by atoms with van der Waals surface area (Å²) in [7, 11) is 4.06. The average molecular weight is 334 g/mol. The highest BCUT2D eigenvalue weighted by Gasteiger charge is 2.18. The summed E-state index contributed by atoms with van der Waals surface area (Å²) in [5.41, 5.74) is 5.71. The van der Waals surface area contributed by atoms with E-state index in [-0.39, 0.29) is 11.7 Å². The van der Waals surface area contributed by atoms with Crippen molar-refractivity contribution in [2.24, 2.45) is 0 Å². The Bertz CT molecular complexity index is 1030. The molecule has 0 unspecified atom stereocenters. The standard InChI is InChI=1S/C19H18N4O2/c1-23(2)13-6-7-17-15(11-13)14-10-12(4-3-5-16(14)25-17)22-19(24)18-20-8-9-21-18/h3-10H,11H2,1-2H3,(H,20,21)(H,22,24). The first-order chi connectivity index (χ1) is 12.1. The fourth-order valence-corrected chi connectivity index (χ4v) is 2.93. The number of carbonyl (C=O) groups excluding carboxylic acids is 1. The lowest BCUT2D eigenvalue weighted by Crippen LogP contribution is -2.23. The van der Waals surface area contributed by atoms with Crippen molar-refractivity contribution in [2.75, 3.05) is 14.1 Å². The van der Waals surface area contributed by atoms with Gasteiger partial charge in [-0.15, -0.1) is 0 Å². The molecular formula is C19H18N4O2. The second kappa shape index (κ2) is 5.98. The predicted molar refractivity (Wildman–Crippen MR) is 95.5 cm³/mol. The number of aromatic amines is 1. The number of amides is 1. The lowest BCUT2D eigenvalue weighted by molar-refractivity contribution is 0.0958. The summed E-state index contributed by atoms with van der Waals surface area (Å²) >= 11 is 0. The Balaban J connectivity index is 1.70.